The minimum absolute atomic E-state index is 0.0950. The molecule has 0 aliphatic rings. The molecule has 0 bridgehead atoms. The van der Waals surface area contributed by atoms with Crippen molar-refractivity contribution in [3.05, 3.63) is 52.4 Å². The Morgan fingerprint density at radius 1 is 1.35 bits per heavy atom. The van der Waals surface area contributed by atoms with Crippen molar-refractivity contribution >= 4 is 29.1 Å². The lowest BCUT2D eigenvalue weighted by atomic mass is 10.3. The number of hydrogen-bond donors (Lipinski definition) is 0. The summed E-state index contributed by atoms with van der Waals surface area (Å²) in [5.41, 5.74) is 0.344. The highest BCUT2D eigenvalue weighted by Crippen LogP contribution is 2.19. The number of nitrogens with zero attached hydrogens (tertiary/aromatic N) is 1. The molecule has 0 spiro atoms. The largest absolute Gasteiger partial charge is 0.492 e. The molecular weight excluding hydrogens is 301 g/mol. The van der Waals surface area contributed by atoms with E-state index in [4.69, 9.17) is 32.4 Å². The molecule has 2 rings (SSSR count). The van der Waals surface area contributed by atoms with Gasteiger partial charge in [-0.05, 0) is 35.9 Å². The Kier molecular flexibility index (Phi) is 4.93. The van der Waals surface area contributed by atoms with E-state index in [9.17, 15) is 4.79 Å². The van der Waals surface area contributed by atoms with E-state index in [2.05, 4.69) is 0 Å². The quantitative estimate of drug-likeness (QED) is 0.844. The fraction of sp³-hybridized carbons (Fsp3) is 0.214. The van der Waals surface area contributed by atoms with Crippen LogP contribution in [0.15, 0.2) is 41.0 Å². The molecular formula is C14H13Cl2NO3. The number of rotatable bonds is 5. The Hall–Kier alpha value is -1.65. The summed E-state index contributed by atoms with van der Waals surface area (Å²) in [5, 5.41) is 0.703. The normalized spacial score (nSPS) is 10.3. The van der Waals surface area contributed by atoms with Gasteiger partial charge in [0.05, 0.1) is 18.4 Å². The maximum absolute atomic E-state index is 12.0. The Bertz CT molecular complexity index is 598. The van der Waals surface area contributed by atoms with Crippen LogP contribution in [-0.2, 0) is 0 Å². The highest BCUT2D eigenvalue weighted by Gasteiger charge is 2.17. The van der Waals surface area contributed by atoms with E-state index >= 15 is 0 Å². The van der Waals surface area contributed by atoms with Gasteiger partial charge in [-0.1, -0.05) is 17.7 Å². The van der Waals surface area contributed by atoms with Crippen molar-refractivity contribution in [2.75, 3.05) is 20.2 Å². The van der Waals surface area contributed by atoms with Gasteiger partial charge in [0.25, 0.3) is 5.91 Å². The Balaban J connectivity index is 1.85. The zero-order valence-corrected chi connectivity index (χ0v) is 12.3. The SMILES string of the molecule is CN(CCOc1cccc(Cl)c1)C(=O)c1ccoc1Cl. The van der Waals surface area contributed by atoms with Gasteiger partial charge in [-0.3, -0.25) is 4.79 Å². The minimum Gasteiger partial charge on any atom is -0.492 e. The summed E-state index contributed by atoms with van der Waals surface area (Å²) in [4.78, 5) is 13.5. The van der Waals surface area contributed by atoms with Crippen LogP contribution in [0.3, 0.4) is 0 Å². The number of halogens is 2. The van der Waals surface area contributed by atoms with E-state index in [0.717, 1.165) is 0 Å². The lowest BCUT2D eigenvalue weighted by Gasteiger charge is -2.16. The molecule has 6 heteroatoms. The first-order valence-electron chi connectivity index (χ1n) is 5.95. The van der Waals surface area contributed by atoms with Crippen molar-refractivity contribution in [2.24, 2.45) is 0 Å². The molecule has 0 unspecified atom stereocenters. The summed E-state index contributed by atoms with van der Waals surface area (Å²) >= 11 is 11.6. The van der Waals surface area contributed by atoms with Gasteiger partial charge in [0, 0.05) is 12.1 Å². The van der Waals surface area contributed by atoms with Crippen molar-refractivity contribution < 1.29 is 13.9 Å². The summed E-state index contributed by atoms with van der Waals surface area (Å²) < 4.78 is 10.4. The van der Waals surface area contributed by atoms with Crippen LogP contribution in [0.25, 0.3) is 0 Å². The molecule has 1 amide bonds. The summed E-state index contributed by atoms with van der Waals surface area (Å²) in [5.74, 6) is 0.457. The van der Waals surface area contributed by atoms with E-state index in [1.54, 1.807) is 37.4 Å². The highest BCUT2D eigenvalue weighted by atomic mass is 35.5. The van der Waals surface area contributed by atoms with Crippen LogP contribution in [0.5, 0.6) is 5.75 Å². The van der Waals surface area contributed by atoms with E-state index in [1.807, 2.05) is 0 Å². The third-order valence-corrected chi connectivity index (χ3v) is 3.21. The van der Waals surface area contributed by atoms with E-state index < -0.39 is 0 Å². The van der Waals surface area contributed by atoms with Gasteiger partial charge in [-0.25, -0.2) is 0 Å². The first-order valence-corrected chi connectivity index (χ1v) is 6.70. The number of ether oxygens (including phenoxy) is 1. The predicted molar refractivity (Wildman–Crippen MR) is 77.6 cm³/mol. The van der Waals surface area contributed by atoms with E-state index in [0.29, 0.717) is 29.5 Å². The second-order valence-electron chi connectivity index (χ2n) is 4.14. The average molecular weight is 314 g/mol. The smallest absolute Gasteiger partial charge is 0.258 e. The second-order valence-corrected chi connectivity index (χ2v) is 4.92. The number of benzene rings is 1. The van der Waals surface area contributed by atoms with Crippen LogP contribution >= 0.6 is 23.2 Å². The van der Waals surface area contributed by atoms with Crippen molar-refractivity contribution in [1.29, 1.82) is 0 Å². The van der Waals surface area contributed by atoms with Gasteiger partial charge in [0.2, 0.25) is 5.22 Å². The molecule has 0 atom stereocenters. The molecule has 20 heavy (non-hydrogen) atoms. The number of hydrogen-bond acceptors (Lipinski definition) is 3. The Morgan fingerprint density at radius 3 is 2.80 bits per heavy atom. The van der Waals surface area contributed by atoms with Gasteiger partial charge in [0.1, 0.15) is 12.4 Å². The van der Waals surface area contributed by atoms with Crippen LogP contribution in [0.2, 0.25) is 10.2 Å². The van der Waals surface area contributed by atoms with Crippen molar-refractivity contribution in [1.82, 2.24) is 4.90 Å². The molecule has 0 aliphatic carbocycles. The van der Waals surface area contributed by atoms with Crippen LogP contribution < -0.4 is 4.74 Å². The molecule has 0 N–H and O–H groups in total. The number of carbonyl (C=O) groups is 1. The third kappa shape index (κ3) is 3.68. The maximum Gasteiger partial charge on any atom is 0.258 e. The number of furan rings is 1. The highest BCUT2D eigenvalue weighted by molar-refractivity contribution is 6.32. The molecule has 2 aromatic rings. The zero-order valence-electron chi connectivity index (χ0n) is 10.8. The van der Waals surface area contributed by atoms with E-state index in [-0.39, 0.29) is 11.1 Å². The second kappa shape index (κ2) is 6.68. The van der Waals surface area contributed by atoms with Gasteiger partial charge >= 0.3 is 0 Å². The lowest BCUT2D eigenvalue weighted by Crippen LogP contribution is -2.30. The van der Waals surface area contributed by atoms with Crippen molar-refractivity contribution in [3.8, 4) is 5.75 Å². The Labute approximate surface area is 126 Å². The van der Waals surface area contributed by atoms with Crippen LogP contribution in [0.4, 0.5) is 0 Å². The van der Waals surface area contributed by atoms with Gasteiger partial charge in [-0.15, -0.1) is 0 Å². The fourth-order valence-electron chi connectivity index (χ4n) is 1.61. The molecule has 106 valence electrons. The number of likely N-dealkylation sites (N-methyl/N-ethyl adjacent to an activating group) is 1. The Morgan fingerprint density at radius 2 is 2.15 bits per heavy atom. The lowest BCUT2D eigenvalue weighted by molar-refractivity contribution is 0.0773. The molecule has 0 saturated carbocycles. The topological polar surface area (TPSA) is 42.7 Å². The number of amides is 1. The summed E-state index contributed by atoms with van der Waals surface area (Å²) in [7, 11) is 1.67. The standard InChI is InChI=1S/C14H13Cl2NO3/c1-17(14(18)12-5-7-20-13(12)16)6-8-19-11-4-2-3-10(15)9-11/h2-5,7,9H,6,8H2,1H3. The van der Waals surface area contributed by atoms with E-state index in [1.165, 1.54) is 11.2 Å². The first-order chi connectivity index (χ1) is 9.58. The molecule has 1 heterocycles. The molecule has 1 aromatic heterocycles. The molecule has 0 aliphatic heterocycles. The zero-order chi connectivity index (χ0) is 14.5. The number of carbonyl (C=O) groups excluding carboxylic acids is 1. The predicted octanol–water partition coefficient (Wildman–Crippen LogP) is 3.74. The van der Waals surface area contributed by atoms with Crippen molar-refractivity contribution in [2.45, 2.75) is 0 Å². The van der Waals surface area contributed by atoms with Crippen LogP contribution in [0, 0.1) is 0 Å². The molecule has 0 fully saturated rings. The minimum atomic E-state index is -0.210. The first kappa shape index (κ1) is 14.8. The maximum atomic E-state index is 12.0. The summed E-state index contributed by atoms with van der Waals surface area (Å²) in [6.45, 7) is 0.783. The molecule has 1 aromatic carbocycles. The van der Waals surface area contributed by atoms with Gasteiger partial charge < -0.3 is 14.1 Å². The fourth-order valence-corrected chi connectivity index (χ4v) is 1.99. The average Bonchev–Trinajstić information content (AvgIpc) is 2.84. The van der Waals surface area contributed by atoms with Gasteiger partial charge in [0.15, 0.2) is 0 Å². The van der Waals surface area contributed by atoms with Crippen LogP contribution in [0.1, 0.15) is 10.4 Å². The van der Waals surface area contributed by atoms with Crippen molar-refractivity contribution in [3.63, 3.8) is 0 Å². The van der Waals surface area contributed by atoms with Gasteiger partial charge in [-0.2, -0.15) is 0 Å². The summed E-state index contributed by atoms with van der Waals surface area (Å²) in [6.07, 6.45) is 1.38. The van der Waals surface area contributed by atoms with Crippen LogP contribution in [-0.4, -0.2) is 31.0 Å². The summed E-state index contributed by atoms with van der Waals surface area (Å²) in [6, 6.07) is 8.64. The molecule has 0 saturated heterocycles. The molecule has 0 radical (unpaired) electrons. The molecule has 4 nitrogen and oxygen atoms in total. The monoisotopic (exact) mass is 313 g/mol. The third-order valence-electron chi connectivity index (χ3n) is 2.69.